The molecule has 1 heterocycles. The third-order valence-corrected chi connectivity index (χ3v) is 3.40. The molecule has 1 aromatic rings. The summed E-state index contributed by atoms with van der Waals surface area (Å²) < 4.78 is 127. The molecule has 3 N–H and O–H groups in total. The summed E-state index contributed by atoms with van der Waals surface area (Å²) in [5.74, 6) is -1.40. The minimum absolute atomic E-state index is 0.0116. The SMILES string of the molecule is CN(C1=NCCO1)c1ccc(C(O)(C(F)(F)F)C(F)(F)F)cc1F.O=S(=O)(O)O. The molecule has 0 unspecified atom stereocenters. The number of benzene rings is 1. The first-order valence-electron chi connectivity index (χ1n) is 7.16. The van der Waals surface area contributed by atoms with Gasteiger partial charge in [0, 0.05) is 12.6 Å². The smallest absolute Gasteiger partial charge is 0.430 e. The van der Waals surface area contributed by atoms with Crippen molar-refractivity contribution in [1.29, 1.82) is 0 Å². The first kappa shape index (κ1) is 24.9. The van der Waals surface area contributed by atoms with Gasteiger partial charge in [-0.3, -0.25) is 14.0 Å². The minimum Gasteiger partial charge on any atom is -0.463 e. The highest BCUT2D eigenvalue weighted by atomic mass is 32.3. The zero-order valence-electron chi connectivity index (χ0n) is 14.2. The van der Waals surface area contributed by atoms with E-state index in [0.29, 0.717) is 18.7 Å². The molecule has 0 saturated carbocycles. The van der Waals surface area contributed by atoms with Gasteiger partial charge in [-0.15, -0.1) is 0 Å². The maximum Gasteiger partial charge on any atom is 0.430 e. The van der Waals surface area contributed by atoms with Crippen molar-refractivity contribution < 1.29 is 58.1 Å². The molecule has 0 atom stereocenters. The Morgan fingerprint density at radius 1 is 1.10 bits per heavy atom. The molecule has 0 fully saturated rings. The minimum atomic E-state index is -6.08. The Bertz CT molecular complexity index is 847. The van der Waals surface area contributed by atoms with E-state index in [0.717, 1.165) is 4.90 Å². The van der Waals surface area contributed by atoms with Crippen molar-refractivity contribution >= 4 is 22.1 Å². The van der Waals surface area contributed by atoms with E-state index in [9.17, 15) is 35.8 Å². The van der Waals surface area contributed by atoms with E-state index >= 15 is 0 Å². The van der Waals surface area contributed by atoms with Crippen LogP contribution >= 0.6 is 0 Å². The fourth-order valence-corrected chi connectivity index (χ4v) is 2.12. The van der Waals surface area contributed by atoms with Gasteiger partial charge in [-0.2, -0.15) is 34.8 Å². The average Bonchev–Trinajstić information content (AvgIpc) is 3.03. The molecule has 0 saturated heterocycles. The Morgan fingerprint density at radius 3 is 1.93 bits per heavy atom. The first-order valence-corrected chi connectivity index (χ1v) is 8.56. The van der Waals surface area contributed by atoms with Gasteiger partial charge in [0.2, 0.25) is 0 Å². The highest BCUT2D eigenvalue weighted by Crippen LogP contribution is 2.50. The summed E-state index contributed by atoms with van der Waals surface area (Å²) in [5, 5.41) is 9.24. The molecule has 2 rings (SSSR count). The van der Waals surface area contributed by atoms with Crippen LogP contribution in [0.1, 0.15) is 5.56 Å². The summed E-state index contributed by atoms with van der Waals surface area (Å²) >= 11 is 0. The van der Waals surface area contributed by atoms with Crippen molar-refractivity contribution in [3.05, 3.63) is 29.6 Å². The number of hydrogen-bond donors (Lipinski definition) is 3. The topological polar surface area (TPSA) is 120 Å². The van der Waals surface area contributed by atoms with E-state index < -0.39 is 39.7 Å². The fourth-order valence-electron chi connectivity index (χ4n) is 2.12. The van der Waals surface area contributed by atoms with E-state index in [4.69, 9.17) is 22.3 Å². The standard InChI is InChI=1S/C13H11F7N2O2.H2O4S/c1-22(10-21-4-5-24-10)9-3-2-7(6-8(9)14)11(23,12(15,16)17)13(18,19)20;1-5(2,3)4/h2-3,6,23H,4-5H2,1H3;(H2,1,2,3,4). The molecule has 0 aliphatic carbocycles. The van der Waals surface area contributed by atoms with E-state index in [1.807, 2.05) is 0 Å². The van der Waals surface area contributed by atoms with Crippen molar-refractivity contribution in [3.63, 3.8) is 0 Å². The molecular formula is C13H13F7N2O6S. The van der Waals surface area contributed by atoms with Crippen LogP contribution in [0, 0.1) is 5.82 Å². The predicted octanol–water partition coefficient (Wildman–Crippen LogP) is 2.31. The molecule has 1 aromatic carbocycles. The Morgan fingerprint density at radius 2 is 1.59 bits per heavy atom. The fraction of sp³-hybridized carbons (Fsp3) is 0.462. The van der Waals surface area contributed by atoms with Crippen LogP contribution in [0.3, 0.4) is 0 Å². The summed E-state index contributed by atoms with van der Waals surface area (Å²) in [7, 11) is -3.39. The van der Waals surface area contributed by atoms with Crippen molar-refractivity contribution in [2.24, 2.45) is 4.99 Å². The second kappa shape index (κ2) is 8.29. The number of ether oxygens (including phenoxy) is 1. The van der Waals surface area contributed by atoms with Crippen LogP contribution in [0.4, 0.5) is 36.4 Å². The van der Waals surface area contributed by atoms with E-state index in [1.54, 1.807) is 0 Å². The Hall–Kier alpha value is -2.17. The number of aliphatic hydroxyl groups is 1. The van der Waals surface area contributed by atoms with Gasteiger partial charge in [0.1, 0.15) is 12.4 Å². The summed E-state index contributed by atoms with van der Waals surface area (Å²) in [6.07, 6.45) is -12.2. The van der Waals surface area contributed by atoms with Gasteiger partial charge >= 0.3 is 22.8 Å². The lowest BCUT2D eigenvalue weighted by Gasteiger charge is -2.33. The number of nitrogens with zero attached hydrogens (tertiary/aromatic N) is 2. The van der Waals surface area contributed by atoms with Gasteiger partial charge in [0.25, 0.3) is 11.6 Å². The number of hydrogen-bond acceptors (Lipinski definition) is 6. The van der Waals surface area contributed by atoms with Gasteiger partial charge in [0.15, 0.2) is 0 Å². The highest BCUT2D eigenvalue weighted by molar-refractivity contribution is 7.79. The molecule has 0 radical (unpaired) electrons. The van der Waals surface area contributed by atoms with Crippen molar-refractivity contribution in [1.82, 2.24) is 0 Å². The van der Waals surface area contributed by atoms with Crippen molar-refractivity contribution in [2.45, 2.75) is 18.0 Å². The maximum absolute atomic E-state index is 14.1. The number of halogens is 7. The van der Waals surface area contributed by atoms with Gasteiger partial charge in [-0.05, 0) is 12.1 Å². The highest BCUT2D eigenvalue weighted by Gasteiger charge is 2.71. The lowest BCUT2D eigenvalue weighted by Crippen LogP contribution is -2.54. The Balaban J connectivity index is 0.000000749. The van der Waals surface area contributed by atoms with Crippen LogP contribution < -0.4 is 4.90 Å². The monoisotopic (exact) mass is 458 g/mol. The molecule has 166 valence electrons. The van der Waals surface area contributed by atoms with Crippen LogP contribution in [0.15, 0.2) is 23.2 Å². The van der Waals surface area contributed by atoms with Crippen LogP contribution in [0.5, 0.6) is 0 Å². The lowest BCUT2D eigenvalue weighted by atomic mass is 9.92. The zero-order valence-corrected chi connectivity index (χ0v) is 15.0. The number of amidine groups is 1. The Labute approximate surface area is 158 Å². The molecule has 29 heavy (non-hydrogen) atoms. The second-order valence-corrected chi connectivity index (χ2v) is 6.29. The summed E-state index contributed by atoms with van der Waals surface area (Å²) in [5.41, 5.74) is -7.21. The van der Waals surface area contributed by atoms with Crippen LogP contribution in [0.2, 0.25) is 0 Å². The van der Waals surface area contributed by atoms with E-state index in [1.165, 1.54) is 7.05 Å². The van der Waals surface area contributed by atoms with Crippen molar-refractivity contribution in [2.75, 3.05) is 25.1 Å². The number of rotatable bonds is 2. The normalized spacial score (nSPS) is 15.2. The first-order chi connectivity index (χ1) is 12.9. The second-order valence-electron chi connectivity index (χ2n) is 5.39. The van der Waals surface area contributed by atoms with Crippen LogP contribution in [0.25, 0.3) is 0 Å². The van der Waals surface area contributed by atoms with Crippen LogP contribution in [-0.4, -0.2) is 61.2 Å². The van der Waals surface area contributed by atoms with Gasteiger partial charge in [-0.25, -0.2) is 9.38 Å². The molecule has 0 amide bonds. The quantitative estimate of drug-likeness (QED) is 0.460. The third kappa shape index (κ3) is 5.91. The van der Waals surface area contributed by atoms with E-state index in [2.05, 4.69) is 4.99 Å². The molecule has 0 bridgehead atoms. The zero-order chi connectivity index (χ0) is 22.8. The summed E-state index contributed by atoms with van der Waals surface area (Å²) in [4.78, 5) is 4.88. The van der Waals surface area contributed by atoms with Gasteiger partial charge < -0.3 is 9.84 Å². The van der Waals surface area contributed by atoms with Gasteiger partial charge in [0.05, 0.1) is 12.2 Å². The summed E-state index contributed by atoms with van der Waals surface area (Å²) in [6, 6.07) is 0.994. The maximum atomic E-state index is 14.1. The Kier molecular flexibility index (Phi) is 7.11. The van der Waals surface area contributed by atoms with E-state index in [-0.39, 0.29) is 24.4 Å². The lowest BCUT2D eigenvalue weighted by molar-refractivity contribution is -0.376. The largest absolute Gasteiger partial charge is 0.463 e. The molecule has 1 aliphatic heterocycles. The number of aliphatic imine (C=N–C) groups is 1. The average molecular weight is 458 g/mol. The van der Waals surface area contributed by atoms with Crippen LogP contribution in [-0.2, 0) is 20.7 Å². The summed E-state index contributed by atoms with van der Waals surface area (Å²) in [6.45, 7) is 0.516. The molecule has 0 aromatic heterocycles. The number of alkyl halides is 6. The van der Waals surface area contributed by atoms with Crippen molar-refractivity contribution in [3.8, 4) is 0 Å². The molecular weight excluding hydrogens is 445 g/mol. The van der Waals surface area contributed by atoms with Gasteiger partial charge in [-0.1, -0.05) is 6.07 Å². The molecule has 8 nitrogen and oxygen atoms in total. The molecule has 1 aliphatic rings. The predicted molar refractivity (Wildman–Crippen MR) is 83.2 cm³/mol. The molecule has 0 spiro atoms. The number of anilines is 1. The molecule has 16 heteroatoms. The third-order valence-electron chi connectivity index (χ3n) is 3.40.